The third kappa shape index (κ3) is 6.12. The summed E-state index contributed by atoms with van der Waals surface area (Å²) >= 11 is 1.67. The number of hydrogen-bond donors (Lipinski definition) is 2. The maximum atomic E-state index is 12.4. The molecule has 0 saturated carbocycles. The van der Waals surface area contributed by atoms with Crippen molar-refractivity contribution in [3.05, 3.63) is 40.4 Å². The molecule has 7 heteroatoms. The Morgan fingerprint density at radius 3 is 2.52 bits per heavy atom. The van der Waals surface area contributed by atoms with E-state index < -0.39 is 0 Å². The molecule has 168 valence electrons. The Bertz CT molecular complexity index is 911. The van der Waals surface area contributed by atoms with Gasteiger partial charge in [-0.2, -0.15) is 0 Å². The second-order valence-electron chi connectivity index (χ2n) is 9.89. The van der Waals surface area contributed by atoms with Crippen LogP contribution >= 0.6 is 11.8 Å². The minimum absolute atomic E-state index is 0.0360. The molecule has 0 bridgehead atoms. The van der Waals surface area contributed by atoms with Crippen LogP contribution in [0, 0.1) is 5.41 Å². The predicted octanol–water partition coefficient (Wildman–Crippen LogP) is 4.59. The molecule has 1 aliphatic carbocycles. The van der Waals surface area contributed by atoms with Gasteiger partial charge in [0.15, 0.2) is 0 Å². The average Bonchev–Trinajstić information content (AvgIpc) is 2.66. The first-order valence-corrected chi connectivity index (χ1v) is 11.8. The van der Waals surface area contributed by atoms with Gasteiger partial charge in [0.05, 0.1) is 18.0 Å². The number of carbonyl (C=O) groups excluding carboxylic acids is 2. The Morgan fingerprint density at radius 2 is 1.90 bits per heavy atom. The molecule has 6 nitrogen and oxygen atoms in total. The predicted molar refractivity (Wildman–Crippen MR) is 127 cm³/mol. The van der Waals surface area contributed by atoms with Crippen LogP contribution in [0.2, 0.25) is 0 Å². The number of nitrogens with one attached hydrogen (secondary N) is 2. The van der Waals surface area contributed by atoms with Crippen molar-refractivity contribution in [3.63, 3.8) is 0 Å². The summed E-state index contributed by atoms with van der Waals surface area (Å²) in [7, 11) is 0. The number of aliphatic imine (C=N–C) groups is 1. The van der Waals surface area contributed by atoms with E-state index >= 15 is 0 Å². The molecule has 0 radical (unpaired) electrons. The summed E-state index contributed by atoms with van der Waals surface area (Å²) in [6, 6.07) is 7.07. The highest BCUT2D eigenvalue weighted by Crippen LogP contribution is 2.43. The molecule has 1 atom stereocenters. The fourth-order valence-corrected chi connectivity index (χ4v) is 4.89. The van der Waals surface area contributed by atoms with Gasteiger partial charge < -0.3 is 15.4 Å². The Kier molecular flexibility index (Phi) is 6.84. The zero-order valence-corrected chi connectivity index (χ0v) is 20.1. The van der Waals surface area contributed by atoms with Gasteiger partial charge in [-0.15, -0.1) is 11.8 Å². The number of allylic oxidation sites excluding steroid dienone is 2. The Labute approximate surface area is 189 Å². The summed E-state index contributed by atoms with van der Waals surface area (Å²) < 4.78 is 5.20. The molecule has 1 heterocycles. The van der Waals surface area contributed by atoms with Gasteiger partial charge >= 0.3 is 5.97 Å². The van der Waals surface area contributed by atoms with Crippen LogP contribution in [-0.4, -0.2) is 41.5 Å². The smallest absolute Gasteiger partial charge is 0.329 e. The number of nitrogens with zero attached hydrogens (tertiary/aromatic N) is 1. The normalized spacial score (nSPS) is 21.9. The molecule has 1 aromatic carbocycles. The molecule has 0 spiro atoms. The second kappa shape index (κ2) is 9.07. The van der Waals surface area contributed by atoms with E-state index in [1.165, 1.54) is 0 Å². The highest BCUT2D eigenvalue weighted by Gasteiger charge is 2.37. The van der Waals surface area contributed by atoms with Crippen molar-refractivity contribution in [3.8, 4) is 0 Å². The monoisotopic (exact) mass is 443 g/mol. The van der Waals surface area contributed by atoms with Crippen LogP contribution < -0.4 is 10.6 Å². The van der Waals surface area contributed by atoms with Gasteiger partial charge in [-0.1, -0.05) is 13.8 Å². The van der Waals surface area contributed by atoms with E-state index in [9.17, 15) is 9.59 Å². The van der Waals surface area contributed by atoms with Crippen LogP contribution in [0.25, 0.3) is 0 Å². The van der Waals surface area contributed by atoms with E-state index in [1.807, 2.05) is 52.0 Å². The lowest BCUT2D eigenvalue weighted by Gasteiger charge is -2.38. The molecule has 0 fully saturated rings. The van der Waals surface area contributed by atoms with Crippen molar-refractivity contribution in [2.24, 2.45) is 10.4 Å². The van der Waals surface area contributed by atoms with Gasteiger partial charge in [0.2, 0.25) is 0 Å². The third-order valence-electron chi connectivity index (χ3n) is 5.03. The van der Waals surface area contributed by atoms with E-state index in [0.29, 0.717) is 17.9 Å². The van der Waals surface area contributed by atoms with Crippen LogP contribution in [0.5, 0.6) is 0 Å². The molecule has 31 heavy (non-hydrogen) atoms. The van der Waals surface area contributed by atoms with Crippen molar-refractivity contribution < 1.29 is 14.3 Å². The quantitative estimate of drug-likeness (QED) is 0.666. The van der Waals surface area contributed by atoms with E-state index in [-0.39, 0.29) is 28.9 Å². The Balaban J connectivity index is 1.83. The minimum atomic E-state index is -0.320. The lowest BCUT2D eigenvalue weighted by molar-refractivity contribution is -0.144. The van der Waals surface area contributed by atoms with Crippen LogP contribution in [0.1, 0.15) is 64.7 Å². The van der Waals surface area contributed by atoms with Gasteiger partial charge in [0.1, 0.15) is 6.04 Å². The minimum Gasteiger partial charge on any atom is -0.464 e. The molecule has 1 aromatic rings. The van der Waals surface area contributed by atoms with Crippen LogP contribution in [0.3, 0.4) is 0 Å². The Morgan fingerprint density at radius 1 is 1.23 bits per heavy atom. The molecule has 1 unspecified atom stereocenters. The number of thioether (sulfide) groups is 1. The molecule has 2 aliphatic rings. The standard InChI is InChI=1S/C24H33N3O3S/c1-7-30-22(29)19-14-31-20-17(12-24(5,6)13-18(20)26-19)25-16-10-8-15(9-11-16)21(28)27-23(2,3)4/h8-11,19,26H,7,12-14H2,1-6H3,(H,27,28)/b25-17+. The van der Waals surface area contributed by atoms with Crippen LogP contribution in [0.15, 0.2) is 39.9 Å². The van der Waals surface area contributed by atoms with Gasteiger partial charge in [-0.05, 0) is 70.2 Å². The lowest BCUT2D eigenvalue weighted by atomic mass is 9.78. The first kappa shape index (κ1) is 23.4. The summed E-state index contributed by atoms with van der Waals surface area (Å²) in [5, 5.41) is 6.38. The maximum Gasteiger partial charge on any atom is 0.329 e. The zero-order valence-electron chi connectivity index (χ0n) is 19.3. The van der Waals surface area contributed by atoms with Crippen LogP contribution in [-0.2, 0) is 9.53 Å². The number of hydrogen-bond acceptors (Lipinski definition) is 6. The summed E-state index contributed by atoms with van der Waals surface area (Å²) in [6.07, 6.45) is 1.73. The molecular weight excluding hydrogens is 410 g/mol. The number of carbonyl (C=O) groups is 2. The first-order valence-electron chi connectivity index (χ1n) is 10.8. The SMILES string of the molecule is CCOC(=O)C1CSC2=C(CC(C)(C)C/C2=N\c2ccc(C(=O)NC(C)(C)C)cc2)N1. The number of ether oxygens (including phenoxy) is 1. The molecule has 2 N–H and O–H groups in total. The molecule has 1 amide bonds. The third-order valence-corrected chi connectivity index (χ3v) is 6.30. The number of amides is 1. The van der Waals surface area contributed by atoms with Crippen molar-refractivity contribution in [1.29, 1.82) is 0 Å². The van der Waals surface area contributed by atoms with Crippen molar-refractivity contribution in [2.45, 2.75) is 66.0 Å². The summed E-state index contributed by atoms with van der Waals surface area (Å²) in [6.45, 7) is 12.5. The molecule has 0 aromatic heterocycles. The van der Waals surface area contributed by atoms with E-state index in [0.717, 1.165) is 34.8 Å². The highest BCUT2D eigenvalue weighted by molar-refractivity contribution is 8.04. The molecule has 3 rings (SSSR count). The van der Waals surface area contributed by atoms with E-state index in [1.54, 1.807) is 11.8 Å². The summed E-state index contributed by atoms with van der Waals surface area (Å²) in [5.41, 5.74) is 3.30. The number of benzene rings is 1. The average molecular weight is 444 g/mol. The molecular formula is C24H33N3O3S. The zero-order chi connectivity index (χ0) is 22.8. The van der Waals surface area contributed by atoms with Gasteiger partial charge in [-0.25, -0.2) is 4.79 Å². The van der Waals surface area contributed by atoms with Gasteiger partial charge in [-0.3, -0.25) is 9.79 Å². The van der Waals surface area contributed by atoms with E-state index in [4.69, 9.17) is 9.73 Å². The van der Waals surface area contributed by atoms with Gasteiger partial charge in [0, 0.05) is 27.5 Å². The van der Waals surface area contributed by atoms with Crippen LogP contribution in [0.4, 0.5) is 5.69 Å². The largest absolute Gasteiger partial charge is 0.464 e. The number of rotatable bonds is 4. The topological polar surface area (TPSA) is 79.8 Å². The van der Waals surface area contributed by atoms with Crippen molar-refractivity contribution in [1.82, 2.24) is 10.6 Å². The lowest BCUT2D eigenvalue weighted by Crippen LogP contribution is -2.45. The summed E-state index contributed by atoms with van der Waals surface area (Å²) in [5.74, 6) is 0.336. The number of esters is 1. The maximum absolute atomic E-state index is 12.4. The Hall–Kier alpha value is -2.28. The first-order chi connectivity index (χ1) is 14.5. The highest BCUT2D eigenvalue weighted by atomic mass is 32.2. The fraction of sp³-hybridized carbons (Fsp3) is 0.542. The molecule has 1 aliphatic heterocycles. The fourth-order valence-electron chi connectivity index (χ4n) is 3.75. The van der Waals surface area contributed by atoms with Crippen molar-refractivity contribution in [2.75, 3.05) is 12.4 Å². The van der Waals surface area contributed by atoms with Gasteiger partial charge in [0.25, 0.3) is 5.91 Å². The molecule has 0 saturated heterocycles. The summed E-state index contributed by atoms with van der Waals surface area (Å²) in [4.78, 5) is 30.6. The second-order valence-corrected chi connectivity index (χ2v) is 10.9. The van der Waals surface area contributed by atoms with Crippen molar-refractivity contribution >= 4 is 35.0 Å². The van der Waals surface area contributed by atoms with E-state index in [2.05, 4.69) is 24.5 Å².